The van der Waals surface area contributed by atoms with E-state index in [-0.39, 0.29) is 17.0 Å². The van der Waals surface area contributed by atoms with Crippen LogP contribution >= 0.6 is 0 Å². The van der Waals surface area contributed by atoms with Gasteiger partial charge in [0.25, 0.3) is 5.91 Å². The largest absolute Gasteiger partial charge is 0.508 e. The van der Waals surface area contributed by atoms with E-state index in [0.29, 0.717) is 5.56 Å². The van der Waals surface area contributed by atoms with Crippen LogP contribution in [0.15, 0.2) is 42.5 Å². The van der Waals surface area contributed by atoms with Crippen LogP contribution in [0.1, 0.15) is 15.9 Å². The van der Waals surface area contributed by atoms with Crippen molar-refractivity contribution >= 4 is 11.6 Å². The lowest BCUT2D eigenvalue weighted by Gasteiger charge is -2.08. The van der Waals surface area contributed by atoms with Crippen molar-refractivity contribution in [2.45, 2.75) is 6.92 Å². The molecule has 0 aromatic heterocycles. The van der Waals surface area contributed by atoms with Crippen LogP contribution in [0.3, 0.4) is 0 Å². The van der Waals surface area contributed by atoms with Gasteiger partial charge in [-0.3, -0.25) is 4.79 Å². The molecule has 0 fully saturated rings. The summed E-state index contributed by atoms with van der Waals surface area (Å²) in [5.41, 5.74) is 0.864. The molecule has 0 unspecified atom stereocenters. The minimum Gasteiger partial charge on any atom is -0.508 e. The summed E-state index contributed by atoms with van der Waals surface area (Å²) in [6.07, 6.45) is 0. The number of hydrogen-bond acceptors (Lipinski definition) is 2. The van der Waals surface area contributed by atoms with E-state index in [1.807, 2.05) is 0 Å². The number of aryl methyl sites for hydroxylation is 1. The molecule has 0 aliphatic heterocycles. The van der Waals surface area contributed by atoms with Crippen molar-refractivity contribution < 1.29 is 14.3 Å². The SMILES string of the molecule is Cc1cccc(NC(=O)c2cccc(O)c2)c1F. The summed E-state index contributed by atoms with van der Waals surface area (Å²) in [7, 11) is 0. The Labute approximate surface area is 104 Å². The van der Waals surface area contributed by atoms with Crippen molar-refractivity contribution in [3.63, 3.8) is 0 Å². The molecule has 4 heteroatoms. The molecule has 2 aromatic carbocycles. The second-order valence-corrected chi connectivity index (χ2v) is 3.94. The van der Waals surface area contributed by atoms with Crippen LogP contribution < -0.4 is 5.32 Å². The Morgan fingerprint density at radius 1 is 1.22 bits per heavy atom. The molecular formula is C14H12FNO2. The molecule has 92 valence electrons. The van der Waals surface area contributed by atoms with E-state index in [1.165, 1.54) is 18.2 Å². The fraction of sp³-hybridized carbons (Fsp3) is 0.0714. The van der Waals surface area contributed by atoms with Crippen molar-refractivity contribution in [1.29, 1.82) is 0 Å². The highest BCUT2D eigenvalue weighted by Gasteiger charge is 2.10. The third-order valence-corrected chi connectivity index (χ3v) is 2.55. The normalized spacial score (nSPS) is 10.1. The van der Waals surface area contributed by atoms with E-state index < -0.39 is 11.7 Å². The zero-order valence-corrected chi connectivity index (χ0v) is 9.77. The quantitative estimate of drug-likeness (QED) is 0.854. The lowest BCUT2D eigenvalue weighted by atomic mass is 10.1. The fourth-order valence-electron chi connectivity index (χ4n) is 1.59. The number of benzene rings is 2. The molecule has 0 saturated carbocycles. The standard InChI is InChI=1S/C14H12FNO2/c1-9-4-2-7-12(13(9)15)16-14(18)10-5-3-6-11(17)8-10/h2-8,17H,1H3,(H,16,18). The third-order valence-electron chi connectivity index (χ3n) is 2.55. The van der Waals surface area contributed by atoms with Gasteiger partial charge >= 0.3 is 0 Å². The van der Waals surface area contributed by atoms with E-state index in [0.717, 1.165) is 0 Å². The monoisotopic (exact) mass is 245 g/mol. The van der Waals surface area contributed by atoms with E-state index in [1.54, 1.807) is 31.2 Å². The second-order valence-electron chi connectivity index (χ2n) is 3.94. The average Bonchev–Trinajstić information content (AvgIpc) is 2.35. The van der Waals surface area contributed by atoms with Crippen LogP contribution in [0, 0.1) is 12.7 Å². The van der Waals surface area contributed by atoms with E-state index in [9.17, 15) is 14.3 Å². The predicted molar refractivity (Wildman–Crippen MR) is 67.2 cm³/mol. The maximum Gasteiger partial charge on any atom is 0.255 e. The van der Waals surface area contributed by atoms with Gasteiger partial charge in [0.1, 0.15) is 11.6 Å². The highest BCUT2D eigenvalue weighted by molar-refractivity contribution is 6.04. The van der Waals surface area contributed by atoms with E-state index >= 15 is 0 Å². The minimum absolute atomic E-state index is 0.00707. The first kappa shape index (κ1) is 12.1. The molecule has 1 amide bonds. The number of phenols is 1. The molecule has 0 aliphatic rings. The number of hydrogen-bond donors (Lipinski definition) is 2. The molecule has 18 heavy (non-hydrogen) atoms. The van der Waals surface area contributed by atoms with Crippen LogP contribution in [-0.2, 0) is 0 Å². The number of carbonyl (C=O) groups excluding carboxylic acids is 1. The molecule has 0 atom stereocenters. The molecule has 3 nitrogen and oxygen atoms in total. The Kier molecular flexibility index (Phi) is 3.28. The highest BCUT2D eigenvalue weighted by atomic mass is 19.1. The van der Waals surface area contributed by atoms with Gasteiger partial charge in [-0.1, -0.05) is 18.2 Å². The predicted octanol–water partition coefficient (Wildman–Crippen LogP) is 3.09. The Bertz CT molecular complexity index is 596. The summed E-state index contributed by atoms with van der Waals surface area (Å²) in [5.74, 6) is -0.922. The van der Waals surface area contributed by atoms with Crippen LogP contribution in [0.2, 0.25) is 0 Å². The molecule has 2 aromatic rings. The first-order valence-corrected chi connectivity index (χ1v) is 5.43. The Morgan fingerprint density at radius 2 is 1.94 bits per heavy atom. The van der Waals surface area contributed by atoms with Gasteiger partial charge in [0, 0.05) is 5.56 Å². The first-order chi connectivity index (χ1) is 8.58. The summed E-state index contributed by atoms with van der Waals surface area (Å²) in [6.45, 7) is 1.62. The van der Waals surface area contributed by atoms with Gasteiger partial charge in [-0.05, 0) is 36.8 Å². The molecule has 0 bridgehead atoms. The second kappa shape index (κ2) is 4.87. The number of carbonyl (C=O) groups is 1. The van der Waals surface area contributed by atoms with Gasteiger partial charge < -0.3 is 10.4 Å². The average molecular weight is 245 g/mol. The number of anilines is 1. The number of nitrogens with one attached hydrogen (secondary N) is 1. The summed E-state index contributed by atoms with van der Waals surface area (Å²) in [4.78, 5) is 11.8. The highest BCUT2D eigenvalue weighted by Crippen LogP contribution is 2.19. The van der Waals surface area contributed by atoms with Gasteiger partial charge in [-0.2, -0.15) is 0 Å². The van der Waals surface area contributed by atoms with Gasteiger partial charge in [-0.15, -0.1) is 0 Å². The molecule has 0 saturated heterocycles. The first-order valence-electron chi connectivity index (χ1n) is 5.43. The Balaban J connectivity index is 2.24. The van der Waals surface area contributed by atoms with Crippen LogP contribution in [0.5, 0.6) is 5.75 Å². The van der Waals surface area contributed by atoms with Crippen molar-refractivity contribution in [2.24, 2.45) is 0 Å². The summed E-state index contributed by atoms with van der Waals surface area (Å²) in [6, 6.07) is 10.7. The molecule has 0 aliphatic carbocycles. The molecule has 2 N–H and O–H groups in total. The van der Waals surface area contributed by atoms with Gasteiger partial charge in [0.2, 0.25) is 0 Å². The number of amides is 1. The molecule has 0 radical (unpaired) electrons. The minimum atomic E-state index is -0.463. The van der Waals surface area contributed by atoms with Gasteiger partial charge in [-0.25, -0.2) is 4.39 Å². The third kappa shape index (κ3) is 2.48. The van der Waals surface area contributed by atoms with Gasteiger partial charge in [0.15, 0.2) is 0 Å². The number of aromatic hydroxyl groups is 1. The van der Waals surface area contributed by atoms with Crippen molar-refractivity contribution in [1.82, 2.24) is 0 Å². The van der Waals surface area contributed by atoms with E-state index in [4.69, 9.17) is 0 Å². The van der Waals surface area contributed by atoms with Crippen molar-refractivity contribution in [2.75, 3.05) is 5.32 Å². The van der Waals surface area contributed by atoms with E-state index in [2.05, 4.69) is 5.32 Å². The zero-order valence-electron chi connectivity index (χ0n) is 9.77. The molecule has 0 spiro atoms. The maximum absolute atomic E-state index is 13.7. The van der Waals surface area contributed by atoms with Crippen molar-refractivity contribution in [3.05, 3.63) is 59.4 Å². The van der Waals surface area contributed by atoms with Crippen molar-refractivity contribution in [3.8, 4) is 5.75 Å². The van der Waals surface area contributed by atoms with Crippen LogP contribution in [0.4, 0.5) is 10.1 Å². The fourth-order valence-corrected chi connectivity index (χ4v) is 1.59. The summed E-state index contributed by atoms with van der Waals surface area (Å²) in [5, 5.41) is 11.7. The summed E-state index contributed by atoms with van der Waals surface area (Å²) >= 11 is 0. The molecule has 0 heterocycles. The van der Waals surface area contributed by atoms with Crippen LogP contribution in [-0.4, -0.2) is 11.0 Å². The maximum atomic E-state index is 13.7. The number of rotatable bonds is 2. The number of halogens is 1. The van der Waals surface area contributed by atoms with Gasteiger partial charge in [0.05, 0.1) is 5.69 Å². The summed E-state index contributed by atoms with van der Waals surface area (Å²) < 4.78 is 13.7. The molecule has 2 rings (SSSR count). The zero-order chi connectivity index (χ0) is 13.1. The molecular weight excluding hydrogens is 233 g/mol. The topological polar surface area (TPSA) is 49.3 Å². The lowest BCUT2D eigenvalue weighted by molar-refractivity contribution is 0.102. The Hall–Kier alpha value is -2.36. The Morgan fingerprint density at radius 3 is 2.67 bits per heavy atom. The smallest absolute Gasteiger partial charge is 0.255 e. The lowest BCUT2D eigenvalue weighted by Crippen LogP contribution is -2.13. The number of phenolic OH excluding ortho intramolecular Hbond substituents is 1. The van der Waals surface area contributed by atoms with Crippen LogP contribution in [0.25, 0.3) is 0 Å².